The fraction of sp³-hybridized carbons (Fsp3) is 0.286. The maximum Gasteiger partial charge on any atom is 0.225 e. The highest BCUT2D eigenvalue weighted by molar-refractivity contribution is 5.80. The van der Waals surface area contributed by atoms with Gasteiger partial charge in [0.25, 0.3) is 0 Å². The van der Waals surface area contributed by atoms with E-state index in [-0.39, 0.29) is 5.55 Å². The molecule has 104 valence electrons. The topological polar surface area (TPSA) is 72.8 Å². The minimum Gasteiger partial charge on any atom is -0.494 e. The number of nitrogens with zero attached hydrogens (tertiary/aromatic N) is 2. The van der Waals surface area contributed by atoms with Gasteiger partial charge in [0.15, 0.2) is 0 Å². The van der Waals surface area contributed by atoms with Gasteiger partial charge in [-0.3, -0.25) is 5.41 Å². The first-order valence-corrected chi connectivity index (χ1v) is 6.34. The molecular formula is C14H15N3O3. The number of hydrogen-bond acceptors (Lipinski definition) is 5. The molecule has 20 heavy (non-hydrogen) atoms. The fourth-order valence-electron chi connectivity index (χ4n) is 2.17. The molecule has 0 saturated carbocycles. The van der Waals surface area contributed by atoms with Gasteiger partial charge in [0, 0.05) is 13.2 Å². The molecule has 6 heteroatoms. The summed E-state index contributed by atoms with van der Waals surface area (Å²) in [7, 11) is 1.61. The molecule has 0 saturated heterocycles. The van der Waals surface area contributed by atoms with Gasteiger partial charge in [-0.2, -0.15) is 9.61 Å². The van der Waals surface area contributed by atoms with Crippen LogP contribution in [0.2, 0.25) is 0 Å². The van der Waals surface area contributed by atoms with Crippen LogP contribution in [0.25, 0.3) is 16.6 Å². The molecule has 3 rings (SSSR count). The van der Waals surface area contributed by atoms with Gasteiger partial charge in [0.1, 0.15) is 5.75 Å². The van der Waals surface area contributed by atoms with Crippen molar-refractivity contribution in [2.24, 2.45) is 0 Å². The molecule has 0 unspecified atom stereocenters. The van der Waals surface area contributed by atoms with E-state index in [0.29, 0.717) is 30.1 Å². The predicted octanol–water partition coefficient (Wildman–Crippen LogP) is 2.11. The number of methoxy groups -OCH3 is 1. The van der Waals surface area contributed by atoms with Gasteiger partial charge in [-0.25, -0.2) is 0 Å². The first kappa shape index (κ1) is 12.7. The second-order valence-corrected chi connectivity index (χ2v) is 4.36. The van der Waals surface area contributed by atoms with Crippen LogP contribution >= 0.6 is 0 Å². The van der Waals surface area contributed by atoms with Gasteiger partial charge >= 0.3 is 0 Å². The van der Waals surface area contributed by atoms with E-state index in [1.807, 2.05) is 19.1 Å². The Morgan fingerprint density at radius 1 is 1.35 bits per heavy atom. The third-order valence-electron chi connectivity index (χ3n) is 2.98. The summed E-state index contributed by atoms with van der Waals surface area (Å²) < 4.78 is 17.7. The van der Waals surface area contributed by atoms with Crippen molar-refractivity contribution in [2.45, 2.75) is 13.5 Å². The first-order valence-electron chi connectivity index (χ1n) is 6.34. The maximum absolute atomic E-state index is 7.99. The number of rotatable bonds is 4. The zero-order valence-electron chi connectivity index (χ0n) is 11.3. The SMILES string of the molecule is CCOc1ccc2c(c1)c(=N)oc1cc(COC)nn12. The highest BCUT2D eigenvalue weighted by atomic mass is 16.5. The van der Waals surface area contributed by atoms with E-state index in [0.717, 1.165) is 11.2 Å². The highest BCUT2D eigenvalue weighted by Gasteiger charge is 2.10. The van der Waals surface area contributed by atoms with Crippen LogP contribution in [-0.2, 0) is 11.3 Å². The Labute approximate surface area is 115 Å². The molecule has 1 N–H and O–H groups in total. The number of nitrogens with one attached hydrogen (secondary N) is 1. The van der Waals surface area contributed by atoms with Crippen molar-refractivity contribution in [3.63, 3.8) is 0 Å². The average Bonchev–Trinajstić information content (AvgIpc) is 2.82. The molecule has 2 aromatic heterocycles. The average molecular weight is 273 g/mol. The molecule has 0 aliphatic heterocycles. The van der Waals surface area contributed by atoms with E-state index in [1.54, 1.807) is 23.8 Å². The Kier molecular flexibility index (Phi) is 3.15. The van der Waals surface area contributed by atoms with Crippen molar-refractivity contribution in [1.82, 2.24) is 9.61 Å². The van der Waals surface area contributed by atoms with Crippen LogP contribution in [0.1, 0.15) is 12.6 Å². The van der Waals surface area contributed by atoms with E-state index in [9.17, 15) is 0 Å². The standard InChI is InChI=1S/C14H15N3O3/c1-3-19-10-4-5-12-11(7-10)14(15)20-13-6-9(8-18-2)16-17(12)13/h4-7,15H,3,8H2,1-2H3. The lowest BCUT2D eigenvalue weighted by Gasteiger charge is -2.05. The van der Waals surface area contributed by atoms with Crippen LogP contribution < -0.4 is 10.3 Å². The molecular weight excluding hydrogens is 258 g/mol. The normalized spacial score (nSPS) is 11.3. The number of benzene rings is 1. The zero-order valence-corrected chi connectivity index (χ0v) is 11.3. The molecule has 0 aliphatic rings. The quantitative estimate of drug-likeness (QED) is 0.790. The maximum atomic E-state index is 7.99. The lowest BCUT2D eigenvalue weighted by Crippen LogP contribution is -2.05. The van der Waals surface area contributed by atoms with Crippen LogP contribution in [0.4, 0.5) is 0 Å². The molecule has 0 atom stereocenters. The summed E-state index contributed by atoms with van der Waals surface area (Å²) in [6.07, 6.45) is 0. The highest BCUT2D eigenvalue weighted by Crippen LogP contribution is 2.20. The zero-order chi connectivity index (χ0) is 14.1. The minimum absolute atomic E-state index is 0.0953. The van der Waals surface area contributed by atoms with E-state index in [1.165, 1.54) is 0 Å². The largest absolute Gasteiger partial charge is 0.494 e. The Morgan fingerprint density at radius 3 is 2.95 bits per heavy atom. The number of fused-ring (bicyclic) bond motifs is 3. The van der Waals surface area contributed by atoms with Gasteiger partial charge in [0.05, 0.1) is 29.8 Å². The summed E-state index contributed by atoms with van der Waals surface area (Å²) in [5, 5.41) is 13.1. The van der Waals surface area contributed by atoms with Crippen molar-refractivity contribution in [3.8, 4) is 5.75 Å². The molecule has 1 aromatic carbocycles. The summed E-state index contributed by atoms with van der Waals surface area (Å²) in [6.45, 7) is 2.91. The van der Waals surface area contributed by atoms with E-state index in [4.69, 9.17) is 19.3 Å². The van der Waals surface area contributed by atoms with Crippen molar-refractivity contribution in [3.05, 3.63) is 35.5 Å². The number of ether oxygens (including phenoxy) is 2. The van der Waals surface area contributed by atoms with Crippen molar-refractivity contribution >= 4 is 16.6 Å². The molecule has 2 heterocycles. The second kappa shape index (κ2) is 4.97. The van der Waals surface area contributed by atoms with E-state index in [2.05, 4.69) is 5.10 Å². The second-order valence-electron chi connectivity index (χ2n) is 4.36. The summed E-state index contributed by atoms with van der Waals surface area (Å²) in [5.41, 5.74) is 2.19. The Bertz CT molecular complexity index is 819. The van der Waals surface area contributed by atoms with Gasteiger partial charge < -0.3 is 13.9 Å². The lowest BCUT2D eigenvalue weighted by molar-refractivity contribution is 0.181. The Morgan fingerprint density at radius 2 is 2.20 bits per heavy atom. The molecule has 0 spiro atoms. The molecule has 6 nitrogen and oxygen atoms in total. The monoisotopic (exact) mass is 273 g/mol. The Balaban J connectivity index is 2.26. The summed E-state index contributed by atoms with van der Waals surface area (Å²) in [4.78, 5) is 0. The first-order chi connectivity index (χ1) is 9.72. The third kappa shape index (κ3) is 2.04. The van der Waals surface area contributed by atoms with Gasteiger partial charge in [-0.15, -0.1) is 0 Å². The minimum atomic E-state index is 0.0953. The molecule has 0 bridgehead atoms. The van der Waals surface area contributed by atoms with E-state index < -0.39 is 0 Å². The number of hydrogen-bond donors (Lipinski definition) is 1. The number of aromatic nitrogens is 2. The van der Waals surface area contributed by atoms with Gasteiger partial charge in [-0.1, -0.05) is 0 Å². The molecule has 0 radical (unpaired) electrons. The van der Waals surface area contributed by atoms with Crippen molar-refractivity contribution < 1.29 is 13.9 Å². The predicted molar refractivity (Wildman–Crippen MR) is 72.7 cm³/mol. The van der Waals surface area contributed by atoms with Crippen LogP contribution in [-0.4, -0.2) is 23.3 Å². The van der Waals surface area contributed by atoms with Gasteiger partial charge in [-0.05, 0) is 25.1 Å². The fourth-order valence-corrected chi connectivity index (χ4v) is 2.17. The van der Waals surface area contributed by atoms with Crippen molar-refractivity contribution in [1.29, 1.82) is 5.41 Å². The van der Waals surface area contributed by atoms with Crippen LogP contribution in [0, 0.1) is 5.41 Å². The van der Waals surface area contributed by atoms with Crippen LogP contribution in [0.3, 0.4) is 0 Å². The Hall–Kier alpha value is -2.34. The summed E-state index contributed by atoms with van der Waals surface area (Å²) >= 11 is 0. The molecule has 0 aliphatic carbocycles. The molecule has 3 aromatic rings. The van der Waals surface area contributed by atoms with Crippen molar-refractivity contribution in [2.75, 3.05) is 13.7 Å². The van der Waals surface area contributed by atoms with Gasteiger partial charge in [0.2, 0.25) is 11.3 Å². The molecule has 0 fully saturated rings. The third-order valence-corrected chi connectivity index (χ3v) is 2.98. The van der Waals surface area contributed by atoms with Crippen LogP contribution in [0.15, 0.2) is 28.7 Å². The summed E-state index contributed by atoms with van der Waals surface area (Å²) in [5.74, 6) is 0.715. The lowest BCUT2D eigenvalue weighted by atomic mass is 10.2. The summed E-state index contributed by atoms with van der Waals surface area (Å²) in [6, 6.07) is 7.31. The van der Waals surface area contributed by atoms with E-state index >= 15 is 0 Å². The molecule has 0 amide bonds. The van der Waals surface area contributed by atoms with Crippen LogP contribution in [0.5, 0.6) is 5.75 Å². The smallest absolute Gasteiger partial charge is 0.225 e.